The van der Waals surface area contributed by atoms with Gasteiger partial charge < -0.3 is 14.9 Å². The molecule has 2 aliphatic rings. The molecule has 34 heavy (non-hydrogen) atoms. The van der Waals surface area contributed by atoms with E-state index in [9.17, 15) is 19.8 Å². The van der Waals surface area contributed by atoms with E-state index in [2.05, 4.69) is 0 Å². The van der Waals surface area contributed by atoms with E-state index < -0.39 is 17.7 Å². The highest BCUT2D eigenvalue weighted by Crippen LogP contribution is 2.44. The molecule has 5 rings (SSSR count). The van der Waals surface area contributed by atoms with Crippen molar-refractivity contribution in [2.24, 2.45) is 0 Å². The highest BCUT2D eigenvalue weighted by Gasteiger charge is 2.47. The molecule has 2 heterocycles. The number of Topliss-reactive ketones (excluding diaryl/α,β-unsaturated/α-hetero) is 1. The molecule has 3 aromatic rings. The van der Waals surface area contributed by atoms with Crippen LogP contribution in [0.4, 0.5) is 5.69 Å². The fourth-order valence-electron chi connectivity index (χ4n) is 4.41. The lowest BCUT2D eigenvalue weighted by molar-refractivity contribution is -0.132. The zero-order valence-corrected chi connectivity index (χ0v) is 19.3. The summed E-state index contributed by atoms with van der Waals surface area (Å²) in [7, 11) is 0. The fourth-order valence-corrected chi connectivity index (χ4v) is 4.70. The van der Waals surface area contributed by atoms with Gasteiger partial charge in [0.2, 0.25) is 0 Å². The number of phenolic OH excluding ortho intramolecular Hbond substituents is 1. The zero-order chi connectivity index (χ0) is 24.0. The summed E-state index contributed by atoms with van der Waals surface area (Å²) in [6, 6.07) is 15.0. The number of anilines is 1. The molecule has 1 unspecified atom stereocenters. The van der Waals surface area contributed by atoms with E-state index in [0.717, 1.165) is 24.2 Å². The first-order chi connectivity index (χ1) is 16.3. The van der Waals surface area contributed by atoms with Crippen LogP contribution in [0.15, 0.2) is 66.2 Å². The second-order valence-corrected chi connectivity index (χ2v) is 8.95. The van der Waals surface area contributed by atoms with Crippen molar-refractivity contribution in [2.75, 3.05) is 11.5 Å². The molecule has 1 saturated heterocycles. The molecule has 0 bridgehead atoms. The van der Waals surface area contributed by atoms with Gasteiger partial charge >= 0.3 is 0 Å². The number of fused-ring (bicyclic) bond motifs is 1. The van der Waals surface area contributed by atoms with Gasteiger partial charge in [-0.25, -0.2) is 0 Å². The normalized spacial score (nSPS) is 19.1. The topological polar surface area (TPSA) is 87.1 Å². The van der Waals surface area contributed by atoms with Crippen molar-refractivity contribution in [2.45, 2.75) is 18.9 Å². The summed E-state index contributed by atoms with van der Waals surface area (Å²) >= 11 is 12.2. The molecule has 6 nitrogen and oxygen atoms in total. The van der Waals surface area contributed by atoms with E-state index in [1.807, 2.05) is 0 Å². The Hall–Kier alpha value is -3.48. The number of phenols is 1. The Morgan fingerprint density at radius 3 is 2.59 bits per heavy atom. The molecule has 172 valence electrons. The third-order valence-electron chi connectivity index (χ3n) is 5.99. The molecule has 8 heteroatoms. The van der Waals surface area contributed by atoms with Crippen LogP contribution < -0.4 is 9.64 Å². The number of benzene rings is 3. The lowest BCUT2D eigenvalue weighted by Gasteiger charge is -2.26. The van der Waals surface area contributed by atoms with Crippen LogP contribution in [0.25, 0.3) is 5.76 Å². The van der Waals surface area contributed by atoms with Crippen molar-refractivity contribution in [1.82, 2.24) is 0 Å². The van der Waals surface area contributed by atoms with Gasteiger partial charge in [0.05, 0.1) is 28.3 Å². The third-order valence-corrected chi connectivity index (χ3v) is 6.73. The first-order valence-corrected chi connectivity index (χ1v) is 11.4. The Balaban J connectivity index is 1.71. The Kier molecular flexibility index (Phi) is 5.71. The summed E-state index contributed by atoms with van der Waals surface area (Å²) in [5.74, 6) is -1.27. The fraction of sp³-hybridized carbons (Fsp3) is 0.154. The van der Waals surface area contributed by atoms with Crippen molar-refractivity contribution in [3.63, 3.8) is 0 Å². The number of ketones is 1. The third kappa shape index (κ3) is 3.79. The van der Waals surface area contributed by atoms with Gasteiger partial charge in [-0.3, -0.25) is 14.5 Å². The van der Waals surface area contributed by atoms with Gasteiger partial charge in [0.1, 0.15) is 17.3 Å². The second-order valence-electron chi connectivity index (χ2n) is 8.14. The molecule has 0 aliphatic carbocycles. The van der Waals surface area contributed by atoms with Crippen molar-refractivity contribution < 1.29 is 24.5 Å². The first-order valence-electron chi connectivity index (χ1n) is 10.7. The van der Waals surface area contributed by atoms with Crippen molar-refractivity contribution in [1.29, 1.82) is 0 Å². The Morgan fingerprint density at radius 2 is 1.82 bits per heavy atom. The molecule has 0 saturated carbocycles. The number of hydrogen-bond acceptors (Lipinski definition) is 5. The molecule has 3 aromatic carbocycles. The maximum absolute atomic E-state index is 13.3. The molecule has 0 spiro atoms. The highest BCUT2D eigenvalue weighted by molar-refractivity contribution is 6.52. The molecule has 0 radical (unpaired) electrons. The van der Waals surface area contributed by atoms with E-state index in [0.29, 0.717) is 28.4 Å². The predicted molar refractivity (Wildman–Crippen MR) is 130 cm³/mol. The van der Waals surface area contributed by atoms with E-state index in [-0.39, 0.29) is 22.1 Å². The van der Waals surface area contributed by atoms with Crippen LogP contribution in [0.3, 0.4) is 0 Å². The SMILES string of the molecule is O=C1C(=O)N(c2ccc(Cl)c(Cl)c2)C(c2cccc(O)c2)/C1=C(/O)c1ccc2c(c1)CCCO2. The zero-order valence-electron chi connectivity index (χ0n) is 17.8. The number of rotatable bonds is 3. The van der Waals surface area contributed by atoms with Crippen LogP contribution in [0.1, 0.15) is 29.2 Å². The predicted octanol–water partition coefficient (Wildman–Crippen LogP) is 5.65. The molecule has 2 aliphatic heterocycles. The lowest BCUT2D eigenvalue weighted by atomic mass is 9.93. The molecule has 2 N–H and O–H groups in total. The Bertz CT molecular complexity index is 1370. The summed E-state index contributed by atoms with van der Waals surface area (Å²) in [5, 5.41) is 21.9. The summed E-state index contributed by atoms with van der Waals surface area (Å²) in [4.78, 5) is 27.7. The van der Waals surface area contributed by atoms with Gasteiger partial charge in [0.15, 0.2) is 0 Å². The van der Waals surface area contributed by atoms with Crippen LogP contribution in [0.2, 0.25) is 10.0 Å². The van der Waals surface area contributed by atoms with Crippen LogP contribution in [0.5, 0.6) is 11.5 Å². The summed E-state index contributed by atoms with van der Waals surface area (Å²) < 4.78 is 5.64. The number of aliphatic hydroxyl groups excluding tert-OH is 1. The van der Waals surface area contributed by atoms with Gasteiger partial charge in [-0.05, 0) is 72.5 Å². The molecule has 1 amide bonds. The average Bonchev–Trinajstić information content (AvgIpc) is 3.10. The molecular weight excluding hydrogens is 477 g/mol. The minimum Gasteiger partial charge on any atom is -0.508 e. The van der Waals surface area contributed by atoms with Crippen LogP contribution in [0, 0.1) is 0 Å². The summed E-state index contributed by atoms with van der Waals surface area (Å²) in [5.41, 5.74) is 2.03. The van der Waals surface area contributed by atoms with E-state index in [1.54, 1.807) is 36.4 Å². The van der Waals surface area contributed by atoms with Crippen LogP contribution >= 0.6 is 23.2 Å². The van der Waals surface area contributed by atoms with E-state index in [1.165, 1.54) is 29.2 Å². The maximum atomic E-state index is 13.3. The number of amides is 1. The number of aryl methyl sites for hydroxylation is 1. The first kappa shape index (κ1) is 22.3. The van der Waals surface area contributed by atoms with Gasteiger partial charge in [-0.15, -0.1) is 0 Å². The smallest absolute Gasteiger partial charge is 0.300 e. The largest absolute Gasteiger partial charge is 0.508 e. The number of carbonyl (C=O) groups excluding carboxylic acids is 2. The van der Waals surface area contributed by atoms with Crippen LogP contribution in [-0.2, 0) is 16.0 Å². The summed E-state index contributed by atoms with van der Waals surface area (Å²) in [6.45, 7) is 0.630. The van der Waals surface area contributed by atoms with Crippen molar-refractivity contribution in [3.8, 4) is 11.5 Å². The molecule has 1 fully saturated rings. The Labute approximate surface area is 205 Å². The van der Waals surface area contributed by atoms with Gasteiger partial charge in [0.25, 0.3) is 11.7 Å². The average molecular weight is 496 g/mol. The maximum Gasteiger partial charge on any atom is 0.300 e. The number of ether oxygens (including phenoxy) is 1. The van der Waals surface area contributed by atoms with Crippen LogP contribution in [-0.4, -0.2) is 28.5 Å². The standard InChI is InChI=1S/C26H19Cl2NO5/c27-19-8-7-17(13-20(19)28)29-23(15-3-1-5-18(30)12-15)22(25(32)26(29)33)24(31)16-6-9-21-14(11-16)4-2-10-34-21/h1,3,5-9,11-13,23,30-31H,2,4,10H2/b24-22-. The quantitative estimate of drug-likeness (QED) is 0.278. The monoisotopic (exact) mass is 495 g/mol. The molecule has 0 aromatic heterocycles. The number of aliphatic hydroxyl groups is 1. The second kappa shape index (κ2) is 8.70. The number of nitrogens with zero attached hydrogens (tertiary/aromatic N) is 1. The van der Waals surface area contributed by atoms with E-state index >= 15 is 0 Å². The lowest BCUT2D eigenvalue weighted by Crippen LogP contribution is -2.29. The number of carbonyl (C=O) groups is 2. The van der Waals surface area contributed by atoms with Gasteiger partial charge in [0, 0.05) is 11.3 Å². The van der Waals surface area contributed by atoms with Crippen molar-refractivity contribution >= 4 is 46.3 Å². The summed E-state index contributed by atoms with van der Waals surface area (Å²) in [6.07, 6.45) is 1.63. The molecular formula is C26H19Cl2NO5. The van der Waals surface area contributed by atoms with Gasteiger partial charge in [-0.1, -0.05) is 35.3 Å². The minimum atomic E-state index is -0.989. The van der Waals surface area contributed by atoms with Crippen molar-refractivity contribution in [3.05, 3.63) is 93.0 Å². The molecule has 1 atom stereocenters. The van der Waals surface area contributed by atoms with E-state index in [4.69, 9.17) is 27.9 Å². The Morgan fingerprint density at radius 1 is 1.00 bits per heavy atom. The minimum absolute atomic E-state index is 0.0387. The number of halogens is 2. The number of hydrogen-bond donors (Lipinski definition) is 2. The number of aromatic hydroxyl groups is 1. The van der Waals surface area contributed by atoms with Gasteiger partial charge in [-0.2, -0.15) is 0 Å². The highest BCUT2D eigenvalue weighted by atomic mass is 35.5.